The normalized spacial score (nSPS) is 13.4. The number of carbonyl (C=O) groups excluding carboxylic acids is 1. The van der Waals surface area contributed by atoms with Crippen LogP contribution in [-0.4, -0.2) is 70.6 Å². The van der Waals surface area contributed by atoms with Gasteiger partial charge in [-0.25, -0.2) is 27.3 Å². The van der Waals surface area contributed by atoms with Gasteiger partial charge in [-0.2, -0.15) is 9.40 Å². The van der Waals surface area contributed by atoms with Gasteiger partial charge in [0.1, 0.15) is 25.3 Å². The van der Waals surface area contributed by atoms with Gasteiger partial charge in [-0.1, -0.05) is 54.6 Å². The summed E-state index contributed by atoms with van der Waals surface area (Å²) in [7, 11) is -3.27. The highest BCUT2D eigenvalue weighted by Crippen LogP contribution is 2.23. The number of nitrogens with zero attached hydrogens (tertiary/aromatic N) is 5. The lowest BCUT2D eigenvalue weighted by Gasteiger charge is -2.27. The fourth-order valence-corrected chi connectivity index (χ4v) is 5.52. The first-order valence-electron chi connectivity index (χ1n) is 13.6. The van der Waals surface area contributed by atoms with Crippen molar-refractivity contribution >= 4 is 16.1 Å². The smallest absolute Gasteiger partial charge is 0.410 e. The molecule has 42 heavy (non-hydrogen) atoms. The monoisotopic (exact) mass is 591 g/mol. The molecular formula is C30H33N5O6S. The molecule has 0 fully saturated rings. The third-order valence-electron chi connectivity index (χ3n) is 7.07. The number of aromatic nitrogens is 3. The van der Waals surface area contributed by atoms with Gasteiger partial charge in [-0.15, -0.1) is 0 Å². The minimum absolute atomic E-state index is 0.130. The Kier molecular flexibility index (Phi) is 9.03. The summed E-state index contributed by atoms with van der Waals surface area (Å²) >= 11 is 0. The average Bonchev–Trinajstić information content (AvgIpc) is 3.37. The lowest BCUT2D eigenvalue weighted by atomic mass is 10.0. The highest BCUT2D eigenvalue weighted by molar-refractivity contribution is 7.88. The molecule has 1 aliphatic heterocycles. The molecule has 0 aliphatic carbocycles. The van der Waals surface area contributed by atoms with E-state index in [0.29, 0.717) is 30.9 Å². The van der Waals surface area contributed by atoms with Crippen LogP contribution in [0.1, 0.15) is 16.7 Å². The summed E-state index contributed by atoms with van der Waals surface area (Å²) in [5.74, 6) is 0.694. The van der Waals surface area contributed by atoms with Crippen LogP contribution >= 0.6 is 0 Å². The molecule has 0 bridgehead atoms. The van der Waals surface area contributed by atoms with Gasteiger partial charge in [-0.3, -0.25) is 0 Å². The van der Waals surface area contributed by atoms with Gasteiger partial charge in [0.2, 0.25) is 10.0 Å². The standard InChI is InChI=1S/C30H33N5O6S/c1-42(38,39)33-15-14-25-20-27(13-12-26(25)21-33)34-23-31-35(29(34)36)17-16-32(18-19-40-28-10-6-3-7-11-28)30(37)41-22-24-8-4-2-5-9-24/h2-13,20,23H,14-19,21-22H2,1H3. The van der Waals surface area contributed by atoms with Crippen LogP contribution in [0.15, 0.2) is 90.0 Å². The van der Waals surface area contributed by atoms with Crippen LogP contribution in [-0.2, 0) is 40.9 Å². The summed E-state index contributed by atoms with van der Waals surface area (Å²) in [6.45, 7) is 1.69. The number of carbonyl (C=O) groups is 1. The van der Waals surface area contributed by atoms with Crippen molar-refractivity contribution in [1.82, 2.24) is 23.6 Å². The molecule has 0 saturated carbocycles. The zero-order chi connectivity index (χ0) is 29.5. The lowest BCUT2D eigenvalue weighted by molar-refractivity contribution is 0.0884. The van der Waals surface area contributed by atoms with Crippen molar-refractivity contribution in [2.75, 3.05) is 32.5 Å². The molecule has 1 amide bonds. The molecule has 0 N–H and O–H groups in total. The first-order valence-corrected chi connectivity index (χ1v) is 15.5. The molecule has 2 heterocycles. The maximum Gasteiger partial charge on any atom is 0.410 e. The maximum absolute atomic E-state index is 13.2. The van der Waals surface area contributed by atoms with E-state index in [1.807, 2.05) is 72.8 Å². The second-order valence-corrected chi connectivity index (χ2v) is 12.0. The lowest BCUT2D eigenvalue weighted by Crippen LogP contribution is -2.39. The number of sulfonamides is 1. The third kappa shape index (κ3) is 7.25. The molecule has 0 spiro atoms. The number of hydrogen-bond donors (Lipinski definition) is 0. The Morgan fingerprint density at radius 2 is 1.71 bits per heavy atom. The zero-order valence-corrected chi connectivity index (χ0v) is 24.2. The van der Waals surface area contributed by atoms with Gasteiger partial charge >= 0.3 is 11.8 Å². The Bertz CT molecular complexity index is 1670. The molecule has 1 aromatic heterocycles. The van der Waals surface area contributed by atoms with Crippen molar-refractivity contribution in [1.29, 1.82) is 0 Å². The molecule has 3 aromatic carbocycles. The van der Waals surface area contributed by atoms with Gasteiger partial charge in [0.15, 0.2) is 0 Å². The van der Waals surface area contributed by atoms with Gasteiger partial charge in [-0.05, 0) is 47.4 Å². The Balaban J connectivity index is 1.25. The van der Waals surface area contributed by atoms with E-state index in [-0.39, 0.29) is 38.5 Å². The van der Waals surface area contributed by atoms with E-state index in [2.05, 4.69) is 5.10 Å². The van der Waals surface area contributed by atoms with Crippen molar-refractivity contribution in [2.24, 2.45) is 0 Å². The zero-order valence-electron chi connectivity index (χ0n) is 23.3. The fraction of sp³-hybridized carbons (Fsp3) is 0.300. The number of ether oxygens (including phenoxy) is 2. The van der Waals surface area contributed by atoms with Crippen LogP contribution in [0.3, 0.4) is 0 Å². The van der Waals surface area contributed by atoms with Crippen molar-refractivity contribution in [3.63, 3.8) is 0 Å². The second-order valence-electron chi connectivity index (χ2n) is 9.99. The number of hydrogen-bond acceptors (Lipinski definition) is 7. The topological polar surface area (TPSA) is 116 Å². The number of rotatable bonds is 11. The summed E-state index contributed by atoms with van der Waals surface area (Å²) in [6.07, 6.45) is 2.71. The minimum atomic E-state index is -3.27. The van der Waals surface area contributed by atoms with E-state index >= 15 is 0 Å². The van der Waals surface area contributed by atoms with Gasteiger partial charge in [0.05, 0.1) is 25.0 Å². The van der Waals surface area contributed by atoms with Crippen LogP contribution in [0.25, 0.3) is 5.69 Å². The molecule has 11 nitrogen and oxygen atoms in total. The van der Waals surface area contributed by atoms with Gasteiger partial charge < -0.3 is 14.4 Å². The number of para-hydroxylation sites is 1. The largest absolute Gasteiger partial charge is 0.492 e. The second kappa shape index (κ2) is 13.0. The molecule has 1 aliphatic rings. The first-order chi connectivity index (χ1) is 20.3. The van der Waals surface area contributed by atoms with Crippen LogP contribution in [0, 0.1) is 0 Å². The van der Waals surface area contributed by atoms with Crippen molar-refractivity contribution < 1.29 is 22.7 Å². The van der Waals surface area contributed by atoms with E-state index in [9.17, 15) is 18.0 Å². The average molecular weight is 592 g/mol. The van der Waals surface area contributed by atoms with E-state index < -0.39 is 16.1 Å². The number of amides is 1. The van der Waals surface area contributed by atoms with Crippen LogP contribution in [0.4, 0.5) is 4.79 Å². The molecule has 12 heteroatoms. The molecule has 0 radical (unpaired) electrons. The molecular weight excluding hydrogens is 558 g/mol. The van der Waals surface area contributed by atoms with Crippen molar-refractivity contribution in [3.05, 3.63) is 112 Å². The Morgan fingerprint density at radius 3 is 2.45 bits per heavy atom. The third-order valence-corrected chi connectivity index (χ3v) is 8.32. The molecule has 4 aromatic rings. The predicted octanol–water partition coefficient (Wildman–Crippen LogP) is 3.07. The summed E-state index contributed by atoms with van der Waals surface area (Å²) < 4.78 is 39.4. The van der Waals surface area contributed by atoms with Crippen molar-refractivity contribution in [2.45, 2.75) is 26.1 Å². The molecule has 0 unspecified atom stereocenters. The van der Waals surface area contributed by atoms with Crippen LogP contribution < -0.4 is 10.4 Å². The highest BCUT2D eigenvalue weighted by atomic mass is 32.2. The molecule has 0 atom stereocenters. The molecule has 0 saturated heterocycles. The SMILES string of the molecule is CS(=O)(=O)N1CCc2cc(-n3cnn(CCN(CCOc4ccccc4)C(=O)OCc4ccccc4)c3=O)ccc2C1. The Hall–Kier alpha value is -4.42. The summed E-state index contributed by atoms with van der Waals surface area (Å²) in [4.78, 5) is 27.7. The summed E-state index contributed by atoms with van der Waals surface area (Å²) in [5.41, 5.74) is 3.08. The van der Waals surface area contributed by atoms with Gasteiger partial charge in [0, 0.05) is 19.6 Å². The van der Waals surface area contributed by atoms with E-state index in [0.717, 1.165) is 16.7 Å². The minimum Gasteiger partial charge on any atom is -0.492 e. The highest BCUT2D eigenvalue weighted by Gasteiger charge is 2.24. The first kappa shape index (κ1) is 29.1. The quantitative estimate of drug-likeness (QED) is 0.263. The fourth-order valence-electron chi connectivity index (χ4n) is 4.72. The predicted molar refractivity (Wildman–Crippen MR) is 157 cm³/mol. The number of fused-ring (bicyclic) bond motifs is 1. The summed E-state index contributed by atoms with van der Waals surface area (Å²) in [6, 6.07) is 24.3. The maximum atomic E-state index is 13.2. The van der Waals surface area contributed by atoms with Crippen LogP contribution in [0.2, 0.25) is 0 Å². The molecule has 5 rings (SSSR count). The molecule has 220 valence electrons. The van der Waals surface area contributed by atoms with E-state index in [1.54, 1.807) is 6.07 Å². The van der Waals surface area contributed by atoms with Gasteiger partial charge in [0.25, 0.3) is 0 Å². The van der Waals surface area contributed by atoms with Crippen LogP contribution in [0.5, 0.6) is 5.75 Å². The Labute approximate surface area is 244 Å². The number of benzene rings is 3. The Morgan fingerprint density at radius 1 is 0.976 bits per heavy atom. The summed E-state index contributed by atoms with van der Waals surface area (Å²) in [5, 5.41) is 4.27. The van der Waals surface area contributed by atoms with Crippen molar-refractivity contribution in [3.8, 4) is 11.4 Å². The van der Waals surface area contributed by atoms with E-state index in [1.165, 1.54) is 31.0 Å². The van der Waals surface area contributed by atoms with E-state index in [4.69, 9.17) is 9.47 Å².